The molecule has 126 valence electrons. The molecule has 6 aliphatic carbocycles. The highest BCUT2D eigenvalue weighted by atomic mass is 14.4. The van der Waals surface area contributed by atoms with Crippen molar-refractivity contribution in [2.45, 2.75) is 65.2 Å². The van der Waals surface area contributed by atoms with Gasteiger partial charge in [-0.15, -0.1) is 0 Å². The van der Waals surface area contributed by atoms with Crippen molar-refractivity contribution in [1.82, 2.24) is 0 Å². The number of fused-ring (bicyclic) bond motifs is 6. The van der Waals surface area contributed by atoms with Gasteiger partial charge in [0.2, 0.25) is 0 Å². The zero-order valence-corrected chi connectivity index (χ0v) is 15.1. The average molecular weight is 311 g/mol. The minimum atomic E-state index is 0.958. The second kappa shape index (κ2) is 6.61. The quantitative estimate of drug-likeness (QED) is 0.445. The van der Waals surface area contributed by atoms with Crippen LogP contribution in [0.2, 0.25) is 0 Å². The molecule has 0 nitrogen and oxygen atoms in total. The first-order valence-electron chi connectivity index (χ1n) is 10.2. The molecule has 0 aliphatic heterocycles. The average Bonchev–Trinajstić information content (AvgIpc) is 3.35. The molecule has 6 aliphatic rings. The highest BCUT2D eigenvalue weighted by Gasteiger charge is 2.32. The van der Waals surface area contributed by atoms with E-state index in [2.05, 4.69) is 44.2 Å². The fourth-order valence-corrected chi connectivity index (χ4v) is 5.86. The third-order valence-corrected chi connectivity index (χ3v) is 7.40. The minimum Gasteiger partial charge on any atom is -0.0851 e. The van der Waals surface area contributed by atoms with E-state index in [0.29, 0.717) is 0 Å². The van der Waals surface area contributed by atoms with E-state index in [-0.39, 0.29) is 0 Å². The molecular formula is C23H34. The Morgan fingerprint density at radius 1 is 0.696 bits per heavy atom. The lowest BCUT2D eigenvalue weighted by atomic mass is 9.96. The van der Waals surface area contributed by atoms with E-state index in [9.17, 15) is 0 Å². The number of hydrogen-bond donors (Lipinski definition) is 0. The van der Waals surface area contributed by atoms with Crippen molar-refractivity contribution in [3.63, 3.8) is 0 Å². The molecular weight excluding hydrogens is 276 g/mol. The molecule has 0 radical (unpaired) electrons. The molecule has 0 saturated heterocycles. The first kappa shape index (κ1) is 15.7. The van der Waals surface area contributed by atoms with Crippen LogP contribution >= 0.6 is 0 Å². The molecule has 0 N–H and O–H groups in total. The van der Waals surface area contributed by atoms with E-state index >= 15 is 0 Å². The summed E-state index contributed by atoms with van der Waals surface area (Å²) in [5.41, 5.74) is 1.67. The third-order valence-electron chi connectivity index (χ3n) is 7.40. The van der Waals surface area contributed by atoms with Crippen molar-refractivity contribution in [1.29, 1.82) is 0 Å². The largest absolute Gasteiger partial charge is 0.0851 e. The van der Waals surface area contributed by atoms with E-state index < -0.39 is 0 Å². The van der Waals surface area contributed by atoms with E-state index in [1.807, 2.05) is 0 Å². The topological polar surface area (TPSA) is 0 Å². The second-order valence-electron chi connectivity index (χ2n) is 9.16. The van der Waals surface area contributed by atoms with Gasteiger partial charge in [-0.05, 0) is 99.7 Å². The normalized spacial score (nSPS) is 46.5. The van der Waals surface area contributed by atoms with E-state index in [4.69, 9.17) is 0 Å². The molecule has 0 amide bonds. The summed E-state index contributed by atoms with van der Waals surface area (Å²) in [7, 11) is 0. The summed E-state index contributed by atoms with van der Waals surface area (Å²) in [6, 6.07) is 0. The maximum atomic E-state index is 2.47. The standard InChI is InChI=1S/2C8H12.C7H10/c2*1-6-4-7-2-3-8(6)5-7;1-2-7-4-3-6(1)5-7/h4,7-8H,2-3,5H2,1H3;2-3,6-8H,4-5H2,1H3;1-2,6-7H,3-5H2. The van der Waals surface area contributed by atoms with Crippen molar-refractivity contribution < 1.29 is 0 Å². The van der Waals surface area contributed by atoms with Crippen molar-refractivity contribution in [3.8, 4) is 0 Å². The SMILES string of the molecule is C1=CC2CCC1C2.CC1=CC2CCC1C2.CC1CC2C=CC1C2. The molecule has 3 fully saturated rings. The van der Waals surface area contributed by atoms with Gasteiger partial charge in [0, 0.05) is 0 Å². The first-order valence-corrected chi connectivity index (χ1v) is 10.2. The molecule has 0 spiro atoms. The van der Waals surface area contributed by atoms with E-state index in [1.165, 1.54) is 51.4 Å². The summed E-state index contributed by atoms with van der Waals surface area (Å²) >= 11 is 0. The molecule has 7 atom stereocenters. The van der Waals surface area contributed by atoms with Gasteiger partial charge < -0.3 is 0 Å². The minimum absolute atomic E-state index is 0.958. The molecule has 3 saturated carbocycles. The highest BCUT2D eigenvalue weighted by molar-refractivity contribution is 5.16. The molecule has 0 aromatic carbocycles. The number of rotatable bonds is 0. The molecule has 6 rings (SSSR count). The van der Waals surface area contributed by atoms with Crippen LogP contribution in [0.4, 0.5) is 0 Å². The van der Waals surface area contributed by atoms with Gasteiger partial charge in [0.05, 0.1) is 0 Å². The Labute approximate surface area is 143 Å². The Balaban J connectivity index is 0.0000000884. The Morgan fingerprint density at radius 3 is 1.61 bits per heavy atom. The van der Waals surface area contributed by atoms with Gasteiger partial charge >= 0.3 is 0 Å². The predicted octanol–water partition coefficient (Wildman–Crippen LogP) is 6.55. The number of hydrogen-bond acceptors (Lipinski definition) is 0. The predicted molar refractivity (Wildman–Crippen MR) is 99.1 cm³/mol. The summed E-state index contributed by atoms with van der Waals surface area (Å²) < 4.78 is 0. The maximum Gasteiger partial charge on any atom is -0.0200 e. The van der Waals surface area contributed by atoms with Gasteiger partial charge in [-0.3, -0.25) is 0 Å². The molecule has 0 heterocycles. The third kappa shape index (κ3) is 3.52. The summed E-state index contributed by atoms with van der Waals surface area (Å²) in [5.74, 6) is 6.88. The Bertz CT molecular complexity index is 496. The van der Waals surface area contributed by atoms with Gasteiger partial charge in [-0.2, -0.15) is 0 Å². The Kier molecular flexibility index (Phi) is 4.52. The van der Waals surface area contributed by atoms with E-state index in [1.54, 1.807) is 5.57 Å². The monoisotopic (exact) mass is 310 g/mol. The lowest BCUT2D eigenvalue weighted by Gasteiger charge is -2.09. The van der Waals surface area contributed by atoms with Crippen LogP contribution in [0.3, 0.4) is 0 Å². The number of allylic oxidation sites excluding steroid dienone is 6. The fourth-order valence-electron chi connectivity index (χ4n) is 5.86. The van der Waals surface area contributed by atoms with Crippen LogP contribution in [0.25, 0.3) is 0 Å². The Morgan fingerprint density at radius 2 is 1.39 bits per heavy atom. The molecule has 0 heteroatoms. The lowest BCUT2D eigenvalue weighted by Crippen LogP contribution is -1.99. The zero-order valence-electron chi connectivity index (χ0n) is 15.1. The summed E-state index contributed by atoms with van der Waals surface area (Å²) in [6.07, 6.45) is 23.8. The second-order valence-corrected chi connectivity index (χ2v) is 9.16. The van der Waals surface area contributed by atoms with Gasteiger partial charge in [0.15, 0.2) is 0 Å². The van der Waals surface area contributed by atoms with Crippen LogP contribution in [0.15, 0.2) is 36.0 Å². The van der Waals surface area contributed by atoms with Crippen LogP contribution in [0.5, 0.6) is 0 Å². The molecule has 0 aromatic heterocycles. The molecule has 6 bridgehead atoms. The zero-order chi connectivity index (χ0) is 15.8. The van der Waals surface area contributed by atoms with Gasteiger partial charge in [-0.1, -0.05) is 42.9 Å². The van der Waals surface area contributed by atoms with Gasteiger partial charge in [-0.25, -0.2) is 0 Å². The van der Waals surface area contributed by atoms with Gasteiger partial charge in [0.25, 0.3) is 0 Å². The molecule has 7 unspecified atom stereocenters. The van der Waals surface area contributed by atoms with Crippen molar-refractivity contribution in [2.24, 2.45) is 41.4 Å². The molecule has 0 aromatic rings. The van der Waals surface area contributed by atoms with E-state index in [0.717, 1.165) is 41.4 Å². The highest BCUT2D eigenvalue weighted by Crippen LogP contribution is 2.43. The Hall–Kier alpha value is -0.780. The summed E-state index contributed by atoms with van der Waals surface area (Å²) in [4.78, 5) is 0. The van der Waals surface area contributed by atoms with Crippen LogP contribution in [0, 0.1) is 41.4 Å². The maximum absolute atomic E-state index is 2.47. The fraction of sp³-hybridized carbons (Fsp3) is 0.739. The van der Waals surface area contributed by atoms with Crippen molar-refractivity contribution in [3.05, 3.63) is 36.0 Å². The van der Waals surface area contributed by atoms with Gasteiger partial charge in [0.1, 0.15) is 0 Å². The van der Waals surface area contributed by atoms with Crippen LogP contribution in [0.1, 0.15) is 65.2 Å². The summed E-state index contributed by atoms with van der Waals surface area (Å²) in [5, 5.41) is 0. The van der Waals surface area contributed by atoms with Crippen LogP contribution in [-0.4, -0.2) is 0 Å². The first-order chi connectivity index (χ1) is 11.2. The van der Waals surface area contributed by atoms with Crippen LogP contribution in [-0.2, 0) is 0 Å². The summed E-state index contributed by atoms with van der Waals surface area (Å²) in [6.45, 7) is 4.65. The van der Waals surface area contributed by atoms with Crippen molar-refractivity contribution >= 4 is 0 Å². The van der Waals surface area contributed by atoms with Crippen molar-refractivity contribution in [2.75, 3.05) is 0 Å². The lowest BCUT2D eigenvalue weighted by molar-refractivity contribution is 0.493. The smallest absolute Gasteiger partial charge is 0.0200 e. The van der Waals surface area contributed by atoms with Crippen LogP contribution < -0.4 is 0 Å². The molecule has 23 heavy (non-hydrogen) atoms.